The number of phosphoric ester groups is 1. The zero-order valence-electron chi connectivity index (χ0n) is 32.8. The van der Waals surface area contributed by atoms with Crippen LogP contribution >= 0.6 is 7.82 Å². The molecular formula is C41H81O8P. The Kier molecular flexibility index (Phi) is 37.1. The molecule has 0 spiro atoms. The summed E-state index contributed by atoms with van der Waals surface area (Å²) in [5.41, 5.74) is 0. The molecule has 0 aromatic heterocycles. The van der Waals surface area contributed by atoms with E-state index < -0.39 is 32.5 Å². The van der Waals surface area contributed by atoms with Crippen LogP contribution in [0.1, 0.15) is 232 Å². The summed E-state index contributed by atoms with van der Waals surface area (Å²) in [5, 5.41) is 0. The molecule has 1 atom stereocenters. The average molecular weight is 733 g/mol. The Morgan fingerprint density at radius 1 is 0.440 bits per heavy atom. The average Bonchev–Trinajstić information content (AvgIpc) is 3.08. The predicted octanol–water partition coefficient (Wildman–Crippen LogP) is 12.9. The van der Waals surface area contributed by atoms with E-state index in [4.69, 9.17) is 19.3 Å². The minimum absolute atomic E-state index is 0.218. The van der Waals surface area contributed by atoms with Gasteiger partial charge in [0.15, 0.2) is 6.10 Å². The van der Waals surface area contributed by atoms with E-state index in [0.29, 0.717) is 6.42 Å². The molecule has 2 N–H and O–H groups in total. The van der Waals surface area contributed by atoms with Gasteiger partial charge in [0.2, 0.25) is 0 Å². The van der Waals surface area contributed by atoms with Crippen LogP contribution < -0.4 is 0 Å². The molecule has 298 valence electrons. The summed E-state index contributed by atoms with van der Waals surface area (Å²) in [6.45, 7) is 3.68. The second-order valence-electron chi connectivity index (χ2n) is 14.7. The molecule has 0 fully saturated rings. The molecule has 0 heterocycles. The molecule has 0 aliphatic carbocycles. The highest BCUT2D eigenvalue weighted by molar-refractivity contribution is 7.46. The molecular weight excluding hydrogens is 651 g/mol. The second-order valence-corrected chi connectivity index (χ2v) is 15.9. The van der Waals surface area contributed by atoms with Crippen molar-refractivity contribution in [1.29, 1.82) is 0 Å². The maximum absolute atomic E-state index is 12.3. The van der Waals surface area contributed by atoms with Crippen LogP contribution in [0.5, 0.6) is 0 Å². The molecule has 0 aliphatic rings. The van der Waals surface area contributed by atoms with E-state index in [0.717, 1.165) is 38.5 Å². The Morgan fingerprint density at radius 2 is 0.720 bits per heavy atom. The fourth-order valence-corrected chi connectivity index (χ4v) is 6.79. The Morgan fingerprint density at radius 3 is 1.02 bits per heavy atom. The van der Waals surface area contributed by atoms with E-state index in [9.17, 15) is 14.2 Å². The van der Waals surface area contributed by atoms with Crippen molar-refractivity contribution >= 4 is 19.8 Å². The monoisotopic (exact) mass is 733 g/mol. The Labute approximate surface area is 308 Å². The number of hydrogen-bond donors (Lipinski definition) is 2. The molecule has 0 saturated heterocycles. The smallest absolute Gasteiger partial charge is 0.462 e. The van der Waals surface area contributed by atoms with Crippen LogP contribution in [0.3, 0.4) is 0 Å². The van der Waals surface area contributed by atoms with Gasteiger partial charge in [-0.25, -0.2) is 4.57 Å². The third-order valence-corrected chi connectivity index (χ3v) is 10.1. The van der Waals surface area contributed by atoms with Crippen molar-refractivity contribution < 1.29 is 37.9 Å². The van der Waals surface area contributed by atoms with E-state index >= 15 is 0 Å². The highest BCUT2D eigenvalue weighted by Crippen LogP contribution is 2.36. The molecule has 0 aromatic carbocycles. The largest absolute Gasteiger partial charge is 0.469 e. The van der Waals surface area contributed by atoms with Crippen molar-refractivity contribution in [3.63, 3.8) is 0 Å². The fourth-order valence-electron chi connectivity index (χ4n) is 6.43. The van der Waals surface area contributed by atoms with Gasteiger partial charge >= 0.3 is 19.8 Å². The first-order valence-corrected chi connectivity index (χ1v) is 22.9. The zero-order valence-corrected chi connectivity index (χ0v) is 33.7. The number of esters is 2. The van der Waals surface area contributed by atoms with E-state index in [2.05, 4.69) is 18.4 Å². The van der Waals surface area contributed by atoms with Gasteiger partial charge in [-0.05, 0) is 12.8 Å². The Balaban J connectivity index is 3.72. The lowest BCUT2D eigenvalue weighted by Gasteiger charge is -2.18. The fraction of sp³-hybridized carbons (Fsp3) is 0.951. The van der Waals surface area contributed by atoms with Gasteiger partial charge in [-0.1, -0.05) is 206 Å². The summed E-state index contributed by atoms with van der Waals surface area (Å²) in [6, 6.07) is 0. The van der Waals surface area contributed by atoms with Crippen LogP contribution in [0.4, 0.5) is 0 Å². The van der Waals surface area contributed by atoms with Crippen LogP contribution in [-0.4, -0.2) is 41.0 Å². The van der Waals surface area contributed by atoms with Crippen molar-refractivity contribution in [2.75, 3.05) is 13.2 Å². The number of unbranched alkanes of at least 4 members (excludes halogenated alkanes) is 30. The van der Waals surface area contributed by atoms with Crippen molar-refractivity contribution in [3.05, 3.63) is 0 Å². The third-order valence-electron chi connectivity index (χ3n) is 9.63. The third kappa shape index (κ3) is 39.8. The molecule has 0 aromatic rings. The highest BCUT2D eigenvalue weighted by atomic mass is 31.2. The van der Waals surface area contributed by atoms with Crippen LogP contribution in [0.2, 0.25) is 0 Å². The number of rotatable bonds is 40. The van der Waals surface area contributed by atoms with Crippen LogP contribution in [0.15, 0.2) is 0 Å². The first-order valence-electron chi connectivity index (χ1n) is 21.3. The SMILES string of the molecule is CCCCCCCCCCCCCCCCCCCCCCCCCC(=O)OC[C@H](COP(=O)(O)O)OC(=O)CCCCCCCCCCC. The number of ether oxygens (including phenoxy) is 2. The van der Waals surface area contributed by atoms with E-state index in [1.807, 2.05) is 0 Å². The van der Waals surface area contributed by atoms with E-state index in [1.54, 1.807) is 0 Å². The maximum atomic E-state index is 12.3. The first-order chi connectivity index (χ1) is 24.3. The summed E-state index contributed by atoms with van der Waals surface area (Å²) in [7, 11) is -4.74. The standard InChI is InChI=1S/C41H81O8P/c1-3-5-7-9-11-13-14-15-16-17-18-19-20-21-22-23-24-25-26-28-29-31-33-35-40(42)47-37-39(38-48-50(44,45)46)49-41(43)36-34-32-30-27-12-10-8-6-4-2/h39H,3-38H2,1-2H3,(H2,44,45,46)/t39-/m1/s1. The number of hydrogen-bond acceptors (Lipinski definition) is 6. The van der Waals surface area contributed by atoms with E-state index in [1.165, 1.54) is 161 Å². The summed E-state index contributed by atoms with van der Waals surface area (Å²) >= 11 is 0. The second kappa shape index (κ2) is 37.8. The summed E-state index contributed by atoms with van der Waals surface area (Å²) in [6.07, 6.45) is 39.9. The number of carbonyl (C=O) groups is 2. The van der Waals surface area contributed by atoms with Crippen molar-refractivity contribution in [2.45, 2.75) is 238 Å². The molecule has 8 nitrogen and oxygen atoms in total. The Hall–Kier alpha value is -0.950. The Bertz CT molecular complexity index is 787. The molecule has 0 aliphatic heterocycles. The van der Waals surface area contributed by atoms with E-state index in [-0.39, 0.29) is 19.4 Å². The van der Waals surface area contributed by atoms with Crippen molar-refractivity contribution in [3.8, 4) is 0 Å². The molecule has 0 radical (unpaired) electrons. The predicted molar refractivity (Wildman–Crippen MR) is 207 cm³/mol. The number of carbonyl (C=O) groups excluding carboxylic acids is 2. The molecule has 0 amide bonds. The topological polar surface area (TPSA) is 119 Å². The van der Waals surface area contributed by atoms with Gasteiger partial charge in [0.05, 0.1) is 6.61 Å². The van der Waals surface area contributed by atoms with Gasteiger partial charge in [0, 0.05) is 12.8 Å². The quantitative estimate of drug-likeness (QED) is 0.0363. The minimum Gasteiger partial charge on any atom is -0.462 e. The lowest BCUT2D eigenvalue weighted by Crippen LogP contribution is -2.29. The maximum Gasteiger partial charge on any atom is 0.469 e. The van der Waals surface area contributed by atoms with Gasteiger partial charge < -0.3 is 19.3 Å². The van der Waals surface area contributed by atoms with Gasteiger partial charge in [0.25, 0.3) is 0 Å². The molecule has 50 heavy (non-hydrogen) atoms. The van der Waals surface area contributed by atoms with Gasteiger partial charge in [-0.3, -0.25) is 14.1 Å². The van der Waals surface area contributed by atoms with Gasteiger partial charge in [-0.2, -0.15) is 0 Å². The molecule has 0 rings (SSSR count). The lowest BCUT2D eigenvalue weighted by molar-refractivity contribution is -0.161. The van der Waals surface area contributed by atoms with Gasteiger partial charge in [-0.15, -0.1) is 0 Å². The molecule has 0 unspecified atom stereocenters. The zero-order chi connectivity index (χ0) is 36.8. The summed E-state index contributed by atoms with van der Waals surface area (Å²) in [5.74, 6) is -0.872. The molecule has 0 bridgehead atoms. The van der Waals surface area contributed by atoms with Crippen LogP contribution in [0, 0.1) is 0 Å². The number of phosphoric acid groups is 1. The van der Waals surface area contributed by atoms with Crippen molar-refractivity contribution in [1.82, 2.24) is 0 Å². The molecule has 9 heteroatoms. The summed E-state index contributed by atoms with van der Waals surface area (Å²) in [4.78, 5) is 42.7. The van der Waals surface area contributed by atoms with Gasteiger partial charge in [0.1, 0.15) is 6.61 Å². The normalized spacial score (nSPS) is 12.3. The minimum atomic E-state index is -4.74. The van der Waals surface area contributed by atoms with Crippen LogP contribution in [-0.2, 0) is 28.2 Å². The highest BCUT2D eigenvalue weighted by Gasteiger charge is 2.22. The summed E-state index contributed by atoms with van der Waals surface area (Å²) < 4.78 is 26.3. The van der Waals surface area contributed by atoms with Crippen molar-refractivity contribution in [2.24, 2.45) is 0 Å². The van der Waals surface area contributed by atoms with Crippen LogP contribution in [0.25, 0.3) is 0 Å². The first kappa shape index (κ1) is 49.0. The molecule has 0 saturated carbocycles. The lowest BCUT2D eigenvalue weighted by atomic mass is 10.0.